The van der Waals surface area contributed by atoms with Gasteiger partial charge in [0.15, 0.2) is 0 Å². The number of nitrogens with one attached hydrogen (secondary N) is 1. The van der Waals surface area contributed by atoms with Crippen LogP contribution in [0, 0.1) is 0 Å². The summed E-state index contributed by atoms with van der Waals surface area (Å²) in [5.41, 5.74) is 2.43. The quantitative estimate of drug-likeness (QED) is 0.745. The van der Waals surface area contributed by atoms with Gasteiger partial charge in [-0.2, -0.15) is 0 Å². The number of anilines is 1. The normalized spacial score (nSPS) is 18.8. The summed E-state index contributed by atoms with van der Waals surface area (Å²) in [7, 11) is 1.71. The van der Waals surface area contributed by atoms with Gasteiger partial charge in [0, 0.05) is 36.9 Å². The predicted octanol–water partition coefficient (Wildman–Crippen LogP) is 2.15. The van der Waals surface area contributed by atoms with Gasteiger partial charge in [-0.1, -0.05) is 22.0 Å². The molecule has 0 spiro atoms. The lowest BCUT2D eigenvalue weighted by atomic mass is 10.1. The van der Waals surface area contributed by atoms with Crippen LogP contribution < -0.4 is 10.2 Å². The first-order valence-corrected chi connectivity index (χ1v) is 7.91. The van der Waals surface area contributed by atoms with Gasteiger partial charge in [0.2, 0.25) is 0 Å². The smallest absolute Gasteiger partial charge is 0.0635 e. The van der Waals surface area contributed by atoms with Crippen molar-refractivity contribution in [3.05, 3.63) is 28.2 Å². The van der Waals surface area contributed by atoms with Gasteiger partial charge in [0.1, 0.15) is 0 Å². The maximum absolute atomic E-state index is 9.41. The molecule has 0 saturated carbocycles. The Balaban J connectivity index is 1.98. The highest BCUT2D eigenvalue weighted by molar-refractivity contribution is 9.10. The summed E-state index contributed by atoms with van der Waals surface area (Å²) in [6, 6.07) is 6.71. The fourth-order valence-electron chi connectivity index (χ4n) is 2.62. The molecule has 5 heteroatoms. The number of aliphatic hydroxyl groups is 1. The molecular formula is C15H23BrN2O2. The number of hydrogen-bond acceptors (Lipinski definition) is 4. The molecule has 1 saturated heterocycles. The summed E-state index contributed by atoms with van der Waals surface area (Å²) in [5.74, 6) is 0. The molecule has 1 atom stereocenters. The number of hydrogen-bond donors (Lipinski definition) is 2. The summed E-state index contributed by atoms with van der Waals surface area (Å²) in [6.07, 6.45) is 2.23. The lowest BCUT2D eigenvalue weighted by molar-refractivity contribution is 0.199. The zero-order valence-corrected chi connectivity index (χ0v) is 13.5. The van der Waals surface area contributed by atoms with Gasteiger partial charge < -0.3 is 20.1 Å². The molecule has 4 nitrogen and oxygen atoms in total. The summed E-state index contributed by atoms with van der Waals surface area (Å²) in [5, 5.41) is 12.8. The van der Waals surface area contributed by atoms with E-state index < -0.39 is 0 Å². The minimum absolute atomic E-state index is 0.234. The average Bonchev–Trinajstić information content (AvgIpc) is 2.93. The Kier molecular flexibility index (Phi) is 6.29. The minimum Gasteiger partial charge on any atom is -0.394 e. The fourth-order valence-corrected chi connectivity index (χ4v) is 3.13. The molecule has 1 heterocycles. The number of nitrogens with zero attached hydrogens (tertiary/aromatic N) is 1. The molecule has 2 N–H and O–H groups in total. The highest BCUT2D eigenvalue weighted by atomic mass is 79.9. The first kappa shape index (κ1) is 15.8. The molecule has 1 aromatic rings. The molecule has 2 rings (SSSR count). The van der Waals surface area contributed by atoms with E-state index in [2.05, 4.69) is 44.3 Å². The highest BCUT2D eigenvalue weighted by Crippen LogP contribution is 2.29. The Hall–Kier alpha value is -0.620. The van der Waals surface area contributed by atoms with Gasteiger partial charge in [-0.3, -0.25) is 0 Å². The largest absolute Gasteiger partial charge is 0.394 e. The van der Waals surface area contributed by atoms with Crippen molar-refractivity contribution >= 4 is 21.6 Å². The Bertz CT molecular complexity index is 428. The lowest BCUT2D eigenvalue weighted by Crippen LogP contribution is -2.32. The molecule has 1 aliphatic rings. The van der Waals surface area contributed by atoms with Crippen LogP contribution in [0.1, 0.15) is 18.4 Å². The van der Waals surface area contributed by atoms with Crippen molar-refractivity contribution < 1.29 is 9.84 Å². The van der Waals surface area contributed by atoms with Crippen LogP contribution in [-0.2, 0) is 11.3 Å². The van der Waals surface area contributed by atoms with Gasteiger partial charge >= 0.3 is 0 Å². The molecule has 112 valence electrons. The second-order valence-electron chi connectivity index (χ2n) is 5.12. The second-order valence-corrected chi connectivity index (χ2v) is 5.97. The molecule has 0 aromatic heterocycles. The van der Waals surface area contributed by atoms with Gasteiger partial charge in [-0.15, -0.1) is 0 Å². The van der Waals surface area contributed by atoms with Crippen molar-refractivity contribution in [2.75, 3.05) is 38.3 Å². The SMILES string of the molecule is COCCNCc1ccc(N2CCCC2CO)cc1Br. The van der Waals surface area contributed by atoms with Crippen LogP contribution in [-0.4, -0.2) is 44.6 Å². The van der Waals surface area contributed by atoms with E-state index in [-0.39, 0.29) is 12.6 Å². The Morgan fingerprint density at radius 3 is 3.05 bits per heavy atom. The average molecular weight is 343 g/mol. The predicted molar refractivity (Wildman–Crippen MR) is 85.2 cm³/mol. The number of aliphatic hydroxyl groups excluding tert-OH is 1. The Morgan fingerprint density at radius 2 is 2.35 bits per heavy atom. The van der Waals surface area contributed by atoms with Crippen molar-refractivity contribution in [1.29, 1.82) is 0 Å². The molecule has 1 fully saturated rings. The van der Waals surface area contributed by atoms with E-state index in [1.54, 1.807) is 7.11 Å². The van der Waals surface area contributed by atoms with Gasteiger partial charge in [-0.05, 0) is 30.5 Å². The second kappa shape index (κ2) is 7.98. The molecule has 0 radical (unpaired) electrons. The molecule has 0 bridgehead atoms. The Labute approximate surface area is 129 Å². The van der Waals surface area contributed by atoms with Crippen LogP contribution in [0.4, 0.5) is 5.69 Å². The van der Waals surface area contributed by atoms with Crippen molar-refractivity contribution in [3.8, 4) is 0 Å². The van der Waals surface area contributed by atoms with E-state index in [9.17, 15) is 5.11 Å². The zero-order valence-electron chi connectivity index (χ0n) is 11.9. The van der Waals surface area contributed by atoms with E-state index in [0.29, 0.717) is 0 Å². The van der Waals surface area contributed by atoms with E-state index in [4.69, 9.17) is 4.74 Å². The summed E-state index contributed by atoms with van der Waals surface area (Å²) >= 11 is 3.64. The third-order valence-corrected chi connectivity index (χ3v) is 4.49. The lowest BCUT2D eigenvalue weighted by Gasteiger charge is -2.26. The highest BCUT2D eigenvalue weighted by Gasteiger charge is 2.24. The van der Waals surface area contributed by atoms with Crippen LogP contribution in [0.5, 0.6) is 0 Å². The van der Waals surface area contributed by atoms with Crippen LogP contribution in [0.25, 0.3) is 0 Å². The third-order valence-electron chi connectivity index (χ3n) is 3.75. The van der Waals surface area contributed by atoms with Crippen molar-refractivity contribution in [3.63, 3.8) is 0 Å². The number of methoxy groups -OCH3 is 1. The molecule has 20 heavy (non-hydrogen) atoms. The van der Waals surface area contributed by atoms with Gasteiger partial charge in [0.05, 0.1) is 19.3 Å². The first-order valence-electron chi connectivity index (χ1n) is 7.12. The number of halogens is 1. The van der Waals surface area contributed by atoms with Gasteiger partial charge in [-0.25, -0.2) is 0 Å². The van der Waals surface area contributed by atoms with E-state index in [0.717, 1.165) is 43.6 Å². The number of ether oxygens (including phenoxy) is 1. The van der Waals surface area contributed by atoms with Crippen molar-refractivity contribution in [2.24, 2.45) is 0 Å². The van der Waals surface area contributed by atoms with Crippen LogP contribution in [0.2, 0.25) is 0 Å². The Morgan fingerprint density at radius 1 is 1.50 bits per heavy atom. The molecule has 0 aliphatic carbocycles. The minimum atomic E-state index is 0.234. The van der Waals surface area contributed by atoms with E-state index >= 15 is 0 Å². The fraction of sp³-hybridized carbons (Fsp3) is 0.600. The van der Waals surface area contributed by atoms with Crippen LogP contribution in [0.3, 0.4) is 0 Å². The van der Waals surface area contributed by atoms with Crippen LogP contribution >= 0.6 is 15.9 Å². The van der Waals surface area contributed by atoms with Crippen LogP contribution in [0.15, 0.2) is 22.7 Å². The van der Waals surface area contributed by atoms with E-state index in [1.165, 1.54) is 11.3 Å². The maximum atomic E-state index is 9.41. The van der Waals surface area contributed by atoms with Crippen molar-refractivity contribution in [1.82, 2.24) is 5.32 Å². The molecule has 1 aliphatic heterocycles. The van der Waals surface area contributed by atoms with E-state index in [1.807, 2.05) is 0 Å². The molecular weight excluding hydrogens is 320 g/mol. The molecule has 1 unspecified atom stereocenters. The summed E-state index contributed by atoms with van der Waals surface area (Å²) in [6.45, 7) is 3.67. The molecule has 0 amide bonds. The van der Waals surface area contributed by atoms with Gasteiger partial charge in [0.25, 0.3) is 0 Å². The zero-order chi connectivity index (χ0) is 14.4. The topological polar surface area (TPSA) is 44.7 Å². The monoisotopic (exact) mass is 342 g/mol. The summed E-state index contributed by atoms with van der Waals surface area (Å²) < 4.78 is 6.13. The number of benzene rings is 1. The summed E-state index contributed by atoms with van der Waals surface area (Å²) in [4.78, 5) is 2.30. The number of rotatable bonds is 7. The first-order chi connectivity index (χ1) is 9.76. The molecule has 1 aromatic carbocycles. The standard InChI is InChI=1S/C15H23BrN2O2/c1-20-8-6-17-10-12-4-5-13(9-15(12)16)18-7-2-3-14(18)11-19/h4-5,9,14,17,19H,2-3,6-8,10-11H2,1H3. The maximum Gasteiger partial charge on any atom is 0.0635 e. The van der Waals surface area contributed by atoms with Crippen molar-refractivity contribution in [2.45, 2.75) is 25.4 Å². The third kappa shape index (κ3) is 3.95.